The molecular weight excluding hydrogens is 490 g/mol. The summed E-state index contributed by atoms with van der Waals surface area (Å²) in [7, 11) is 3.81. The molecule has 0 spiro atoms. The van der Waals surface area contributed by atoms with Crippen molar-refractivity contribution in [2.75, 3.05) is 27.5 Å². The molecule has 2 fully saturated rings. The first-order valence-corrected chi connectivity index (χ1v) is 15.1. The Bertz CT molecular complexity index is 1270. The van der Waals surface area contributed by atoms with E-state index in [1.807, 2.05) is 0 Å². The van der Waals surface area contributed by atoms with E-state index in [-0.39, 0.29) is 29.8 Å². The minimum atomic E-state index is -0.172. The SMILES string of the molecule is COc1c2c(cc3c1[C@@H](CC(=O)C1=CC[C@@H]4[C@H]5CC=C6C[C@H](O)CC[C@]6(C)[C@H]5CC[C@@]14C)N(C)CC3)OCO2. The number of aliphatic hydroxyl groups is 1. The fourth-order valence-corrected chi connectivity index (χ4v) is 9.71. The Morgan fingerprint density at radius 3 is 2.77 bits per heavy atom. The average Bonchev–Trinajstić information content (AvgIpc) is 3.53. The van der Waals surface area contributed by atoms with Crippen molar-refractivity contribution in [3.05, 3.63) is 40.5 Å². The van der Waals surface area contributed by atoms with E-state index in [9.17, 15) is 9.90 Å². The van der Waals surface area contributed by atoms with Crippen LogP contribution in [-0.2, 0) is 11.2 Å². The number of hydrogen-bond donors (Lipinski definition) is 1. The Balaban J connectivity index is 1.15. The summed E-state index contributed by atoms with van der Waals surface area (Å²) in [5.74, 6) is 4.24. The normalized spacial score (nSPS) is 38.6. The van der Waals surface area contributed by atoms with Crippen molar-refractivity contribution >= 4 is 5.78 Å². The van der Waals surface area contributed by atoms with Crippen LogP contribution in [0, 0.1) is 28.6 Å². The Morgan fingerprint density at radius 2 is 1.95 bits per heavy atom. The van der Waals surface area contributed by atoms with Crippen molar-refractivity contribution in [1.29, 1.82) is 0 Å². The lowest BCUT2D eigenvalue weighted by molar-refractivity contribution is -0.119. The van der Waals surface area contributed by atoms with Crippen molar-refractivity contribution in [1.82, 2.24) is 4.90 Å². The fraction of sp³-hybridized carbons (Fsp3) is 0.667. The van der Waals surface area contributed by atoms with Crippen LogP contribution in [0.15, 0.2) is 29.4 Å². The molecule has 2 aliphatic heterocycles. The number of benzene rings is 1. The van der Waals surface area contributed by atoms with Crippen LogP contribution >= 0.6 is 0 Å². The number of carbonyl (C=O) groups is 1. The van der Waals surface area contributed by atoms with E-state index in [1.165, 1.54) is 17.6 Å². The van der Waals surface area contributed by atoms with Gasteiger partial charge in [0.15, 0.2) is 17.3 Å². The molecule has 0 bridgehead atoms. The summed E-state index contributed by atoms with van der Waals surface area (Å²) in [5, 5.41) is 10.3. The molecule has 4 aliphatic carbocycles. The number of allylic oxidation sites excluding steroid dienone is 3. The van der Waals surface area contributed by atoms with Crippen LogP contribution in [0.5, 0.6) is 17.2 Å². The maximum absolute atomic E-state index is 14.2. The number of Topliss-reactive ketones (excluding diaryl/α,β-unsaturated/α-hetero) is 1. The first-order chi connectivity index (χ1) is 18.7. The van der Waals surface area contributed by atoms with E-state index in [1.54, 1.807) is 7.11 Å². The summed E-state index contributed by atoms with van der Waals surface area (Å²) in [6.07, 6.45) is 13.2. The van der Waals surface area contributed by atoms with Crippen LogP contribution in [-0.4, -0.2) is 49.4 Å². The van der Waals surface area contributed by atoms with Crippen LogP contribution in [0.1, 0.15) is 82.4 Å². The summed E-state index contributed by atoms with van der Waals surface area (Å²) in [6.45, 7) is 5.96. The van der Waals surface area contributed by atoms with Gasteiger partial charge in [0.05, 0.1) is 13.2 Å². The molecule has 0 radical (unpaired) electrons. The first kappa shape index (κ1) is 25.6. The zero-order chi connectivity index (χ0) is 27.1. The van der Waals surface area contributed by atoms with Gasteiger partial charge < -0.3 is 19.3 Å². The van der Waals surface area contributed by atoms with Crippen LogP contribution in [0.2, 0.25) is 0 Å². The minimum Gasteiger partial charge on any atom is -0.492 e. The molecule has 0 saturated heterocycles. The lowest BCUT2D eigenvalue weighted by atomic mass is 9.47. The van der Waals surface area contributed by atoms with E-state index in [0.29, 0.717) is 35.7 Å². The number of nitrogens with zero attached hydrogens (tertiary/aromatic N) is 1. The van der Waals surface area contributed by atoms with Gasteiger partial charge in [-0.25, -0.2) is 0 Å². The number of ketones is 1. The number of methoxy groups -OCH3 is 1. The van der Waals surface area contributed by atoms with E-state index in [0.717, 1.165) is 74.1 Å². The number of likely N-dealkylation sites (N-methyl/N-ethyl adjacent to an activating group) is 1. The van der Waals surface area contributed by atoms with Gasteiger partial charge >= 0.3 is 0 Å². The van der Waals surface area contributed by atoms with Crippen LogP contribution < -0.4 is 14.2 Å². The quantitative estimate of drug-likeness (QED) is 0.496. The predicted molar refractivity (Wildman–Crippen MR) is 149 cm³/mol. The Morgan fingerprint density at radius 1 is 1.13 bits per heavy atom. The lowest BCUT2D eigenvalue weighted by Crippen LogP contribution is -2.50. The highest BCUT2D eigenvalue weighted by Crippen LogP contribution is 2.65. The summed E-state index contributed by atoms with van der Waals surface area (Å²) >= 11 is 0. The van der Waals surface area contributed by atoms with Gasteiger partial charge in [-0.3, -0.25) is 9.69 Å². The van der Waals surface area contributed by atoms with E-state index in [2.05, 4.69) is 44.0 Å². The van der Waals surface area contributed by atoms with Crippen LogP contribution in [0.25, 0.3) is 0 Å². The number of rotatable bonds is 4. The zero-order valence-corrected chi connectivity index (χ0v) is 23.9. The molecule has 7 atom stereocenters. The van der Waals surface area contributed by atoms with Gasteiger partial charge in [-0.1, -0.05) is 31.6 Å². The summed E-state index contributed by atoms with van der Waals surface area (Å²) in [5.41, 5.74) is 5.03. The second kappa shape index (κ2) is 9.10. The Kier molecular flexibility index (Phi) is 5.99. The van der Waals surface area contributed by atoms with Gasteiger partial charge in [-0.05, 0) is 104 Å². The first-order valence-electron chi connectivity index (χ1n) is 15.1. The highest BCUT2D eigenvalue weighted by atomic mass is 16.7. The monoisotopic (exact) mass is 533 g/mol. The highest BCUT2D eigenvalue weighted by molar-refractivity contribution is 5.98. The molecule has 6 aliphatic rings. The molecule has 0 amide bonds. The molecule has 2 heterocycles. The Labute approximate surface area is 232 Å². The van der Waals surface area contributed by atoms with Gasteiger partial charge in [0, 0.05) is 24.6 Å². The Hall–Kier alpha value is -2.31. The molecule has 2 saturated carbocycles. The van der Waals surface area contributed by atoms with Gasteiger partial charge in [0.1, 0.15) is 0 Å². The molecular formula is C33H43NO5. The topological polar surface area (TPSA) is 68.2 Å². The molecule has 1 aromatic carbocycles. The van der Waals surface area contributed by atoms with Crippen molar-refractivity contribution < 1.29 is 24.1 Å². The number of ether oxygens (including phenoxy) is 3. The predicted octanol–water partition coefficient (Wildman–Crippen LogP) is 5.77. The maximum atomic E-state index is 14.2. The third-order valence-corrected chi connectivity index (χ3v) is 11.9. The van der Waals surface area contributed by atoms with E-state index >= 15 is 0 Å². The molecule has 6 heteroatoms. The number of hydrogen-bond acceptors (Lipinski definition) is 6. The smallest absolute Gasteiger partial charge is 0.231 e. The van der Waals surface area contributed by atoms with Crippen LogP contribution in [0.3, 0.4) is 0 Å². The average molecular weight is 534 g/mol. The number of carbonyl (C=O) groups excluding carboxylic acids is 1. The second-order valence-corrected chi connectivity index (χ2v) is 13.6. The van der Waals surface area contributed by atoms with Gasteiger partial charge in [-0.15, -0.1) is 0 Å². The summed E-state index contributed by atoms with van der Waals surface area (Å²) in [6, 6.07) is 2.05. The zero-order valence-electron chi connectivity index (χ0n) is 23.9. The van der Waals surface area contributed by atoms with Crippen molar-refractivity contribution in [3.63, 3.8) is 0 Å². The molecule has 210 valence electrons. The molecule has 1 aromatic rings. The van der Waals surface area contributed by atoms with Crippen molar-refractivity contribution in [2.24, 2.45) is 28.6 Å². The van der Waals surface area contributed by atoms with Crippen LogP contribution in [0.4, 0.5) is 0 Å². The third kappa shape index (κ3) is 3.70. The second-order valence-electron chi connectivity index (χ2n) is 13.6. The molecule has 0 aromatic heterocycles. The molecule has 1 N–H and O–H groups in total. The molecule has 6 nitrogen and oxygen atoms in total. The summed E-state index contributed by atoms with van der Waals surface area (Å²) in [4.78, 5) is 16.5. The van der Waals surface area contributed by atoms with Gasteiger partial charge in [0.25, 0.3) is 0 Å². The highest BCUT2D eigenvalue weighted by Gasteiger charge is 2.57. The van der Waals surface area contributed by atoms with Crippen molar-refractivity contribution in [3.8, 4) is 17.2 Å². The van der Waals surface area contributed by atoms with E-state index in [4.69, 9.17) is 14.2 Å². The number of fused-ring (bicyclic) bond motifs is 7. The van der Waals surface area contributed by atoms with E-state index < -0.39 is 0 Å². The van der Waals surface area contributed by atoms with Gasteiger partial charge in [-0.2, -0.15) is 0 Å². The molecule has 7 rings (SSSR count). The standard InChI is InChI=1S/C33H43NO5/c1-32-12-9-21(35)16-20(32)5-6-22-23-7-8-25(33(23,2)13-10-24(22)32)27(36)17-26-29-19(11-14-34(26)3)15-28-30(31(29)37-4)39-18-38-28/h5,8,15,21-24,26,35H,6-7,9-14,16-18H2,1-4H3/t21-,22-,23-,24+,26-,32+,33-/m1/s1. The molecule has 39 heavy (non-hydrogen) atoms. The third-order valence-electron chi connectivity index (χ3n) is 11.9. The fourth-order valence-electron chi connectivity index (χ4n) is 9.71. The number of aliphatic hydroxyl groups excluding tert-OH is 1. The summed E-state index contributed by atoms with van der Waals surface area (Å²) < 4.78 is 17.4. The van der Waals surface area contributed by atoms with Gasteiger partial charge in [0.2, 0.25) is 12.5 Å². The van der Waals surface area contributed by atoms with Crippen molar-refractivity contribution in [2.45, 2.75) is 83.8 Å². The minimum absolute atomic E-state index is 0.0432. The lowest BCUT2D eigenvalue weighted by Gasteiger charge is -2.57. The largest absolute Gasteiger partial charge is 0.492 e. The molecule has 0 unspecified atom stereocenters. The maximum Gasteiger partial charge on any atom is 0.231 e.